The van der Waals surface area contributed by atoms with Gasteiger partial charge in [-0.3, -0.25) is 9.59 Å². The fourth-order valence-corrected chi connectivity index (χ4v) is 7.63. The van der Waals surface area contributed by atoms with Crippen molar-refractivity contribution in [2.45, 2.75) is 90.3 Å². The smallest absolute Gasteiger partial charge is 0.415 e. The normalized spacial score (nSPS) is 22.2. The van der Waals surface area contributed by atoms with Crippen LogP contribution in [0.5, 0.6) is 5.75 Å². The van der Waals surface area contributed by atoms with Gasteiger partial charge < -0.3 is 23.8 Å². The lowest BCUT2D eigenvalue weighted by Gasteiger charge is -2.39. The summed E-state index contributed by atoms with van der Waals surface area (Å²) in [4.78, 5) is 49.0. The highest BCUT2D eigenvalue weighted by Crippen LogP contribution is 2.41. The van der Waals surface area contributed by atoms with E-state index in [-0.39, 0.29) is 24.2 Å². The number of nitrogens with zero attached hydrogens (tertiary/aromatic N) is 4. The molecule has 6 heterocycles. The number of aromatic nitrogens is 2. The Labute approximate surface area is 251 Å². The zero-order chi connectivity index (χ0) is 29.9. The monoisotopic (exact) mass is 584 g/mol. The van der Waals surface area contributed by atoms with Crippen molar-refractivity contribution in [2.75, 3.05) is 26.2 Å². The number of benzene rings is 1. The van der Waals surface area contributed by atoms with Gasteiger partial charge in [-0.05, 0) is 93.9 Å². The molecular weight excluding hydrogens is 544 g/mol. The van der Waals surface area contributed by atoms with E-state index in [9.17, 15) is 14.4 Å². The Morgan fingerprint density at radius 1 is 1.05 bits per heavy atom. The van der Waals surface area contributed by atoms with Crippen LogP contribution in [0.3, 0.4) is 0 Å². The van der Waals surface area contributed by atoms with Crippen LogP contribution in [0, 0.1) is 0 Å². The van der Waals surface area contributed by atoms with Crippen molar-refractivity contribution in [3.63, 3.8) is 0 Å². The van der Waals surface area contributed by atoms with Crippen LogP contribution < -0.4 is 10.3 Å². The summed E-state index contributed by atoms with van der Waals surface area (Å²) in [7, 11) is 0. The largest absolute Gasteiger partial charge is 0.460 e. The maximum absolute atomic E-state index is 13.7. The van der Waals surface area contributed by atoms with Gasteiger partial charge in [-0.25, -0.2) is 9.78 Å². The van der Waals surface area contributed by atoms with E-state index in [1.807, 2.05) is 36.9 Å². The van der Waals surface area contributed by atoms with E-state index in [2.05, 4.69) is 11.8 Å². The van der Waals surface area contributed by atoms with Gasteiger partial charge in [0.15, 0.2) is 0 Å². The molecule has 9 heteroatoms. The van der Waals surface area contributed by atoms with Crippen molar-refractivity contribution >= 4 is 23.0 Å². The molecule has 0 spiro atoms. The topological polar surface area (TPSA) is 94.0 Å². The van der Waals surface area contributed by atoms with E-state index in [4.69, 9.17) is 14.5 Å². The van der Waals surface area contributed by atoms with Crippen molar-refractivity contribution in [1.29, 1.82) is 0 Å². The number of hydrogen-bond donors (Lipinski definition) is 0. The van der Waals surface area contributed by atoms with Crippen molar-refractivity contribution in [3.05, 3.63) is 56.9 Å². The van der Waals surface area contributed by atoms with Crippen molar-refractivity contribution < 1.29 is 19.1 Å². The molecular formula is C34H40N4O5. The minimum absolute atomic E-state index is 0.0000875. The Bertz CT molecular complexity index is 1680. The molecule has 4 aliphatic rings. The molecule has 1 aromatic carbocycles. The molecule has 2 fully saturated rings. The van der Waals surface area contributed by atoms with E-state index in [0.717, 1.165) is 58.2 Å². The first-order valence-corrected chi connectivity index (χ1v) is 15.9. The number of esters is 1. The third kappa shape index (κ3) is 4.55. The molecule has 0 aliphatic carbocycles. The quantitative estimate of drug-likeness (QED) is 0.306. The molecule has 2 saturated heterocycles. The van der Waals surface area contributed by atoms with E-state index < -0.39 is 5.41 Å². The summed E-state index contributed by atoms with van der Waals surface area (Å²) in [5, 5.41) is 0.929. The fourth-order valence-electron chi connectivity index (χ4n) is 7.63. The van der Waals surface area contributed by atoms with Gasteiger partial charge >= 0.3 is 12.1 Å². The number of piperidine rings is 2. The van der Waals surface area contributed by atoms with Gasteiger partial charge in [-0.1, -0.05) is 20.3 Å². The summed E-state index contributed by atoms with van der Waals surface area (Å²) in [6, 6.07) is 8.16. The van der Waals surface area contributed by atoms with Crippen LogP contribution in [0.2, 0.25) is 0 Å². The van der Waals surface area contributed by atoms with Crippen molar-refractivity contribution in [1.82, 2.24) is 19.4 Å². The minimum Gasteiger partial charge on any atom is -0.460 e. The van der Waals surface area contributed by atoms with Crippen LogP contribution in [-0.4, -0.2) is 63.6 Å². The van der Waals surface area contributed by atoms with E-state index >= 15 is 0 Å². The number of aryl methyl sites for hydroxylation is 1. The second-order valence-electron chi connectivity index (χ2n) is 12.7. The van der Waals surface area contributed by atoms with Crippen LogP contribution in [0.1, 0.15) is 81.5 Å². The number of cyclic esters (lactones) is 1. The van der Waals surface area contributed by atoms with E-state index in [1.54, 1.807) is 10.6 Å². The van der Waals surface area contributed by atoms with Gasteiger partial charge in [0, 0.05) is 30.1 Å². The Morgan fingerprint density at radius 3 is 2.53 bits per heavy atom. The molecule has 7 rings (SSSR count). The van der Waals surface area contributed by atoms with Gasteiger partial charge in [0.25, 0.3) is 5.56 Å². The third-order valence-electron chi connectivity index (χ3n) is 10.4. The SMILES string of the molecule is CCc1c2c(nc3ccc(OC(=O)N4CCC(N5CCCCC5)CC4)cc13)-c1cc3c(c(=O)n1C2)COC(=O)[C@@]3(C)CC. The highest BCUT2D eigenvalue weighted by Gasteiger charge is 2.43. The number of amides is 1. The summed E-state index contributed by atoms with van der Waals surface area (Å²) >= 11 is 0. The van der Waals surface area contributed by atoms with Gasteiger partial charge in [0.2, 0.25) is 0 Å². The molecule has 0 unspecified atom stereocenters. The predicted octanol–water partition coefficient (Wildman–Crippen LogP) is 5.16. The van der Waals surface area contributed by atoms with Gasteiger partial charge in [0.1, 0.15) is 12.4 Å². The number of rotatable bonds is 4. The van der Waals surface area contributed by atoms with Crippen LogP contribution >= 0.6 is 0 Å². The number of likely N-dealkylation sites (tertiary alicyclic amines) is 2. The number of fused-ring (bicyclic) bond motifs is 5. The average molecular weight is 585 g/mol. The fraction of sp³-hybridized carbons (Fsp3) is 0.529. The second kappa shape index (κ2) is 10.8. The molecule has 43 heavy (non-hydrogen) atoms. The highest BCUT2D eigenvalue weighted by molar-refractivity contribution is 5.90. The molecule has 0 bridgehead atoms. The molecule has 9 nitrogen and oxygen atoms in total. The molecule has 1 atom stereocenters. The van der Waals surface area contributed by atoms with Gasteiger partial charge in [-0.15, -0.1) is 0 Å². The molecule has 226 valence electrons. The lowest BCUT2D eigenvalue weighted by molar-refractivity contribution is -0.153. The van der Waals surface area contributed by atoms with Crippen LogP contribution in [0.4, 0.5) is 4.79 Å². The predicted molar refractivity (Wildman–Crippen MR) is 163 cm³/mol. The second-order valence-corrected chi connectivity index (χ2v) is 12.7. The maximum atomic E-state index is 13.7. The molecule has 4 aliphatic heterocycles. The number of carbonyl (C=O) groups excluding carboxylic acids is 2. The average Bonchev–Trinajstić information content (AvgIpc) is 3.41. The molecule has 0 saturated carbocycles. The lowest BCUT2D eigenvalue weighted by atomic mass is 9.76. The standard InChI is InChI=1S/C34H40N4O5/c1-4-23-24-17-22(43-33(41)37-15-11-21(12-16-37)36-13-7-6-8-14-36)9-10-28(24)35-30-25(23)19-38-29(30)18-27-26(31(38)39)20-42-32(40)34(27,3)5-2/h9-10,17-18,21H,4-8,11-16,19-20H2,1-3H3/t34-/m0/s1. The summed E-state index contributed by atoms with van der Waals surface area (Å²) in [6.45, 7) is 10.1. The highest BCUT2D eigenvalue weighted by atomic mass is 16.6. The summed E-state index contributed by atoms with van der Waals surface area (Å²) in [5.74, 6) is 0.212. The molecule has 3 aromatic rings. The first-order chi connectivity index (χ1) is 20.8. The molecule has 1 amide bonds. The van der Waals surface area contributed by atoms with Crippen LogP contribution in [0.15, 0.2) is 29.1 Å². The number of pyridine rings is 2. The third-order valence-corrected chi connectivity index (χ3v) is 10.4. The Kier molecular flexibility index (Phi) is 7.03. The summed E-state index contributed by atoms with van der Waals surface area (Å²) in [6.07, 6.45) is 6.84. The summed E-state index contributed by atoms with van der Waals surface area (Å²) < 4.78 is 13.1. The first-order valence-electron chi connectivity index (χ1n) is 15.9. The zero-order valence-electron chi connectivity index (χ0n) is 25.4. The molecule has 0 radical (unpaired) electrons. The Morgan fingerprint density at radius 2 is 1.81 bits per heavy atom. The van der Waals surface area contributed by atoms with Gasteiger partial charge in [0.05, 0.1) is 34.4 Å². The first kappa shape index (κ1) is 28.1. The zero-order valence-corrected chi connectivity index (χ0v) is 25.4. The Balaban J connectivity index is 1.16. The molecule has 0 N–H and O–H groups in total. The van der Waals surface area contributed by atoms with Crippen LogP contribution in [0.25, 0.3) is 22.3 Å². The van der Waals surface area contributed by atoms with Crippen molar-refractivity contribution in [3.8, 4) is 17.1 Å². The summed E-state index contributed by atoms with van der Waals surface area (Å²) in [5.41, 5.74) is 4.72. The number of ether oxygens (including phenoxy) is 2. The minimum atomic E-state index is -0.864. The molecule has 2 aromatic heterocycles. The maximum Gasteiger partial charge on any atom is 0.415 e. The van der Waals surface area contributed by atoms with Gasteiger partial charge in [-0.2, -0.15) is 0 Å². The number of hydrogen-bond acceptors (Lipinski definition) is 7. The Hall–Kier alpha value is -3.72. The van der Waals surface area contributed by atoms with Crippen LogP contribution in [-0.2, 0) is 34.5 Å². The van der Waals surface area contributed by atoms with E-state index in [0.29, 0.717) is 43.4 Å². The van der Waals surface area contributed by atoms with E-state index in [1.165, 1.54) is 32.4 Å². The van der Waals surface area contributed by atoms with Crippen molar-refractivity contribution in [2.24, 2.45) is 0 Å². The number of carbonyl (C=O) groups is 2. The lowest BCUT2D eigenvalue weighted by Crippen LogP contribution is -2.48.